The molecule has 0 bridgehead atoms. The number of rotatable bonds is 1. The van der Waals surface area contributed by atoms with E-state index in [-0.39, 0.29) is 6.04 Å². The van der Waals surface area contributed by atoms with Crippen LogP contribution >= 0.6 is 0 Å². The van der Waals surface area contributed by atoms with Crippen molar-refractivity contribution in [1.29, 1.82) is 5.26 Å². The topological polar surface area (TPSA) is 27.0 Å². The van der Waals surface area contributed by atoms with Crippen LogP contribution in [0.25, 0.3) is 0 Å². The number of hydrogen-bond acceptors (Lipinski definition) is 2. The van der Waals surface area contributed by atoms with Gasteiger partial charge in [0.15, 0.2) is 0 Å². The highest BCUT2D eigenvalue weighted by Gasteiger charge is 2.30. The van der Waals surface area contributed by atoms with Crippen LogP contribution in [0.4, 0.5) is 5.69 Å². The molecule has 2 heteroatoms. The molecule has 1 heterocycles. The molecule has 78 valence electrons. The monoisotopic (exact) mass is 200 g/mol. The lowest BCUT2D eigenvalue weighted by molar-refractivity contribution is 0.723. The molecule has 2 unspecified atom stereocenters. The quantitative estimate of drug-likeness (QED) is 0.697. The first-order valence-corrected chi connectivity index (χ1v) is 5.47. The maximum absolute atomic E-state index is 9.08. The van der Waals surface area contributed by atoms with Gasteiger partial charge >= 0.3 is 0 Å². The molecule has 1 fully saturated rings. The Labute approximate surface area is 91.1 Å². The second-order valence-electron chi connectivity index (χ2n) is 4.31. The normalized spacial score (nSPS) is 25.3. The van der Waals surface area contributed by atoms with Crippen molar-refractivity contribution in [2.75, 3.05) is 4.90 Å². The van der Waals surface area contributed by atoms with Gasteiger partial charge in [-0.15, -0.1) is 0 Å². The fourth-order valence-electron chi connectivity index (χ4n) is 2.26. The summed E-state index contributed by atoms with van der Waals surface area (Å²) in [5.41, 5.74) is 2.44. The van der Waals surface area contributed by atoms with E-state index in [9.17, 15) is 0 Å². The van der Waals surface area contributed by atoms with Crippen molar-refractivity contribution in [2.45, 2.75) is 38.8 Å². The van der Waals surface area contributed by atoms with Crippen molar-refractivity contribution in [3.8, 4) is 6.07 Å². The van der Waals surface area contributed by atoms with E-state index in [2.05, 4.69) is 49.1 Å². The van der Waals surface area contributed by atoms with Crippen LogP contribution in [0.5, 0.6) is 0 Å². The second-order valence-corrected chi connectivity index (χ2v) is 4.31. The van der Waals surface area contributed by atoms with Gasteiger partial charge in [-0.1, -0.05) is 17.7 Å². The predicted octanol–water partition coefficient (Wildman–Crippen LogP) is 2.88. The largest absolute Gasteiger partial charge is 0.353 e. The summed E-state index contributed by atoms with van der Waals surface area (Å²) in [5, 5.41) is 9.08. The lowest BCUT2D eigenvalue weighted by atomic mass is 10.2. The molecule has 1 saturated heterocycles. The molecule has 0 spiro atoms. The Morgan fingerprint density at radius 3 is 2.53 bits per heavy atom. The Morgan fingerprint density at radius 2 is 1.93 bits per heavy atom. The van der Waals surface area contributed by atoms with Gasteiger partial charge in [0.25, 0.3) is 0 Å². The van der Waals surface area contributed by atoms with Crippen LogP contribution in [-0.4, -0.2) is 12.1 Å². The first-order chi connectivity index (χ1) is 7.22. The summed E-state index contributed by atoms with van der Waals surface area (Å²) in [6, 6.07) is 11.4. The summed E-state index contributed by atoms with van der Waals surface area (Å²) in [7, 11) is 0. The van der Waals surface area contributed by atoms with Gasteiger partial charge in [0, 0.05) is 11.7 Å². The van der Waals surface area contributed by atoms with Gasteiger partial charge in [-0.25, -0.2) is 0 Å². The molecule has 0 aliphatic carbocycles. The van der Waals surface area contributed by atoms with E-state index in [1.54, 1.807) is 0 Å². The molecule has 1 aromatic carbocycles. The highest BCUT2D eigenvalue weighted by Crippen LogP contribution is 2.29. The van der Waals surface area contributed by atoms with Crippen LogP contribution in [-0.2, 0) is 0 Å². The Bertz CT molecular complexity index is 375. The van der Waals surface area contributed by atoms with Gasteiger partial charge in [-0.2, -0.15) is 5.26 Å². The lowest BCUT2D eigenvalue weighted by Gasteiger charge is -2.27. The maximum atomic E-state index is 9.08. The third-order valence-corrected chi connectivity index (χ3v) is 3.15. The molecule has 1 aromatic rings. The van der Waals surface area contributed by atoms with Crippen molar-refractivity contribution >= 4 is 5.69 Å². The minimum atomic E-state index is 0.0581. The summed E-state index contributed by atoms with van der Waals surface area (Å²) in [6.07, 6.45) is 2.11. The van der Waals surface area contributed by atoms with Crippen molar-refractivity contribution in [3.05, 3.63) is 29.8 Å². The molecule has 0 radical (unpaired) electrons. The average Bonchev–Trinajstić information content (AvgIpc) is 2.61. The van der Waals surface area contributed by atoms with Crippen LogP contribution in [0, 0.1) is 18.3 Å². The Hall–Kier alpha value is -1.49. The van der Waals surface area contributed by atoms with Crippen molar-refractivity contribution in [3.63, 3.8) is 0 Å². The van der Waals surface area contributed by atoms with E-state index in [1.807, 2.05) is 0 Å². The third-order valence-electron chi connectivity index (χ3n) is 3.15. The van der Waals surface area contributed by atoms with Gasteiger partial charge in [0.1, 0.15) is 6.04 Å². The predicted molar refractivity (Wildman–Crippen MR) is 61.8 cm³/mol. The highest BCUT2D eigenvalue weighted by atomic mass is 15.2. The number of aryl methyl sites for hydroxylation is 1. The average molecular weight is 200 g/mol. The van der Waals surface area contributed by atoms with E-state index in [4.69, 9.17) is 5.26 Å². The van der Waals surface area contributed by atoms with Gasteiger partial charge in [0.2, 0.25) is 0 Å². The second kappa shape index (κ2) is 3.94. The molecule has 2 nitrogen and oxygen atoms in total. The molecule has 0 N–H and O–H groups in total. The minimum absolute atomic E-state index is 0.0581. The van der Waals surface area contributed by atoms with Crippen LogP contribution in [0.2, 0.25) is 0 Å². The molecule has 2 atom stereocenters. The minimum Gasteiger partial charge on any atom is -0.353 e. The molecule has 2 rings (SSSR count). The number of nitriles is 1. The van der Waals surface area contributed by atoms with Gasteiger partial charge in [-0.3, -0.25) is 0 Å². The summed E-state index contributed by atoms with van der Waals surface area (Å²) >= 11 is 0. The number of hydrogen-bond donors (Lipinski definition) is 0. The van der Waals surface area contributed by atoms with Crippen molar-refractivity contribution in [1.82, 2.24) is 0 Å². The summed E-state index contributed by atoms with van der Waals surface area (Å²) < 4.78 is 0. The molecule has 1 aliphatic rings. The Balaban J connectivity index is 2.29. The van der Waals surface area contributed by atoms with E-state index in [0.717, 1.165) is 12.8 Å². The maximum Gasteiger partial charge on any atom is 0.117 e. The molecular formula is C13H16N2. The SMILES string of the molecule is Cc1ccc(N2C(C)CCC2C#N)cc1. The van der Waals surface area contributed by atoms with Crippen LogP contribution < -0.4 is 4.90 Å². The van der Waals surface area contributed by atoms with E-state index in [1.165, 1.54) is 11.3 Å². The zero-order chi connectivity index (χ0) is 10.8. The zero-order valence-corrected chi connectivity index (χ0v) is 9.27. The fraction of sp³-hybridized carbons (Fsp3) is 0.462. The molecule has 0 amide bonds. The summed E-state index contributed by atoms with van der Waals surface area (Å²) in [6.45, 7) is 4.27. The van der Waals surface area contributed by atoms with E-state index < -0.39 is 0 Å². The molecule has 0 aromatic heterocycles. The van der Waals surface area contributed by atoms with Crippen molar-refractivity contribution < 1.29 is 0 Å². The lowest BCUT2D eigenvalue weighted by Crippen LogP contribution is -2.33. The van der Waals surface area contributed by atoms with Crippen LogP contribution in [0.15, 0.2) is 24.3 Å². The van der Waals surface area contributed by atoms with E-state index in [0.29, 0.717) is 6.04 Å². The van der Waals surface area contributed by atoms with Gasteiger partial charge < -0.3 is 4.90 Å². The first-order valence-electron chi connectivity index (χ1n) is 5.47. The molecular weight excluding hydrogens is 184 g/mol. The van der Waals surface area contributed by atoms with Gasteiger partial charge in [0.05, 0.1) is 6.07 Å². The first kappa shape index (κ1) is 10.0. The smallest absolute Gasteiger partial charge is 0.117 e. The molecule has 15 heavy (non-hydrogen) atoms. The fourth-order valence-corrected chi connectivity index (χ4v) is 2.26. The van der Waals surface area contributed by atoms with Crippen LogP contribution in [0.1, 0.15) is 25.3 Å². The van der Waals surface area contributed by atoms with Crippen molar-refractivity contribution in [2.24, 2.45) is 0 Å². The van der Waals surface area contributed by atoms with E-state index >= 15 is 0 Å². The molecule has 0 saturated carbocycles. The Morgan fingerprint density at radius 1 is 1.27 bits per heavy atom. The highest BCUT2D eigenvalue weighted by molar-refractivity contribution is 5.51. The standard InChI is InChI=1S/C13H16N2/c1-10-3-6-12(7-4-10)15-11(2)5-8-13(15)9-14/h3-4,6-7,11,13H,5,8H2,1-2H3. The third kappa shape index (κ3) is 1.83. The molecule has 1 aliphatic heterocycles. The Kier molecular flexibility index (Phi) is 2.64. The van der Waals surface area contributed by atoms with Gasteiger partial charge in [-0.05, 0) is 38.8 Å². The summed E-state index contributed by atoms with van der Waals surface area (Å²) in [4.78, 5) is 2.24. The summed E-state index contributed by atoms with van der Waals surface area (Å²) in [5.74, 6) is 0. The van der Waals surface area contributed by atoms with Crippen LogP contribution in [0.3, 0.4) is 0 Å². The number of benzene rings is 1. The number of anilines is 1. The zero-order valence-electron chi connectivity index (χ0n) is 9.27. The number of nitrogens with zero attached hydrogens (tertiary/aromatic N) is 2.